The number of methoxy groups -OCH3 is 1. The van der Waals surface area contributed by atoms with Gasteiger partial charge in [0.2, 0.25) is 0 Å². The average molecular weight is 329 g/mol. The second-order valence-electron chi connectivity index (χ2n) is 6.51. The molecule has 0 radical (unpaired) electrons. The minimum atomic E-state index is 0.0414. The number of hydrogen-bond acceptors (Lipinski definition) is 3. The molecule has 0 spiro atoms. The van der Waals surface area contributed by atoms with Gasteiger partial charge in [0.25, 0.3) is 5.91 Å². The molecule has 0 aliphatic rings. The number of nitrogens with zero attached hydrogens (tertiary/aromatic N) is 3. The molecule has 0 bridgehead atoms. The Morgan fingerprint density at radius 1 is 1.29 bits per heavy atom. The molecule has 0 saturated heterocycles. The van der Waals surface area contributed by atoms with E-state index in [0.717, 1.165) is 29.1 Å². The fraction of sp³-hybridized carbons (Fsp3) is 0.474. The van der Waals surface area contributed by atoms with Crippen LogP contribution in [0.1, 0.15) is 34.2 Å². The summed E-state index contributed by atoms with van der Waals surface area (Å²) in [4.78, 5) is 14.5. The fourth-order valence-electron chi connectivity index (χ4n) is 3.05. The highest BCUT2D eigenvalue weighted by Gasteiger charge is 2.21. The van der Waals surface area contributed by atoms with E-state index in [1.54, 1.807) is 16.7 Å². The van der Waals surface area contributed by atoms with Crippen molar-refractivity contribution in [3.05, 3.63) is 46.8 Å². The van der Waals surface area contributed by atoms with E-state index in [9.17, 15) is 4.79 Å². The molecule has 5 heteroatoms. The largest absolute Gasteiger partial charge is 0.497 e. The second-order valence-corrected chi connectivity index (χ2v) is 6.51. The lowest BCUT2D eigenvalue weighted by Gasteiger charge is -2.22. The maximum Gasteiger partial charge on any atom is 0.257 e. The SMILES string of the molecule is COc1ccc(C[C@@H](C)CN(C)C(=O)c2c(C)nn(C)c2C)cc1. The molecule has 130 valence electrons. The Balaban J connectivity index is 1.99. The highest BCUT2D eigenvalue weighted by Crippen LogP contribution is 2.17. The third-order valence-corrected chi connectivity index (χ3v) is 4.40. The van der Waals surface area contributed by atoms with Crippen molar-refractivity contribution in [3.63, 3.8) is 0 Å². The average Bonchev–Trinajstić information content (AvgIpc) is 2.80. The summed E-state index contributed by atoms with van der Waals surface area (Å²) in [5, 5.41) is 4.33. The van der Waals surface area contributed by atoms with Gasteiger partial charge in [-0.1, -0.05) is 19.1 Å². The number of ether oxygens (including phenoxy) is 1. The molecule has 2 aromatic rings. The number of carbonyl (C=O) groups is 1. The van der Waals surface area contributed by atoms with Gasteiger partial charge < -0.3 is 9.64 Å². The van der Waals surface area contributed by atoms with Gasteiger partial charge in [0, 0.05) is 26.3 Å². The summed E-state index contributed by atoms with van der Waals surface area (Å²) in [5.74, 6) is 1.27. The van der Waals surface area contributed by atoms with Crippen molar-refractivity contribution in [3.8, 4) is 5.75 Å². The molecule has 1 atom stereocenters. The van der Waals surface area contributed by atoms with E-state index >= 15 is 0 Å². The van der Waals surface area contributed by atoms with Crippen LogP contribution in [-0.4, -0.2) is 41.3 Å². The molecular weight excluding hydrogens is 302 g/mol. The third-order valence-electron chi connectivity index (χ3n) is 4.40. The first-order valence-corrected chi connectivity index (χ1v) is 8.22. The molecule has 24 heavy (non-hydrogen) atoms. The predicted octanol–water partition coefficient (Wildman–Crippen LogP) is 3.00. The summed E-state index contributed by atoms with van der Waals surface area (Å²) in [6, 6.07) is 8.09. The van der Waals surface area contributed by atoms with Crippen molar-refractivity contribution in [2.45, 2.75) is 27.2 Å². The van der Waals surface area contributed by atoms with Gasteiger partial charge in [0.05, 0.1) is 18.4 Å². The van der Waals surface area contributed by atoms with Crippen LogP contribution in [0, 0.1) is 19.8 Å². The van der Waals surface area contributed by atoms with Crippen LogP contribution in [0.15, 0.2) is 24.3 Å². The lowest BCUT2D eigenvalue weighted by Crippen LogP contribution is -2.32. The molecule has 1 aromatic heterocycles. The van der Waals surface area contributed by atoms with Crippen molar-refractivity contribution >= 4 is 5.91 Å². The molecule has 1 heterocycles. The number of carbonyl (C=O) groups excluding carboxylic acids is 1. The first-order valence-electron chi connectivity index (χ1n) is 8.22. The Bertz CT molecular complexity index is 704. The van der Waals surface area contributed by atoms with Crippen LogP contribution in [0.3, 0.4) is 0 Å². The standard InChI is InChI=1S/C19H27N3O2/c1-13(11-16-7-9-17(24-6)10-8-16)12-21(4)19(23)18-14(2)20-22(5)15(18)3/h7-10,13H,11-12H2,1-6H3/t13-/m1/s1. The van der Waals surface area contributed by atoms with E-state index in [1.165, 1.54) is 5.56 Å². The summed E-state index contributed by atoms with van der Waals surface area (Å²) in [5.41, 5.74) is 3.66. The Morgan fingerprint density at radius 3 is 2.42 bits per heavy atom. The highest BCUT2D eigenvalue weighted by molar-refractivity contribution is 5.96. The molecule has 0 aliphatic carbocycles. The zero-order chi connectivity index (χ0) is 17.9. The van der Waals surface area contributed by atoms with Gasteiger partial charge in [-0.05, 0) is 43.9 Å². The van der Waals surface area contributed by atoms with Crippen molar-refractivity contribution in [2.75, 3.05) is 20.7 Å². The van der Waals surface area contributed by atoms with E-state index in [4.69, 9.17) is 4.74 Å². The highest BCUT2D eigenvalue weighted by atomic mass is 16.5. The fourth-order valence-corrected chi connectivity index (χ4v) is 3.05. The summed E-state index contributed by atoms with van der Waals surface area (Å²) < 4.78 is 6.94. The second kappa shape index (κ2) is 7.51. The monoisotopic (exact) mass is 329 g/mol. The first kappa shape index (κ1) is 18.0. The number of benzene rings is 1. The van der Waals surface area contributed by atoms with E-state index < -0.39 is 0 Å². The maximum absolute atomic E-state index is 12.7. The van der Waals surface area contributed by atoms with Gasteiger partial charge in [-0.2, -0.15) is 5.10 Å². The van der Waals surface area contributed by atoms with Crippen molar-refractivity contribution in [2.24, 2.45) is 13.0 Å². The molecule has 0 aliphatic heterocycles. The van der Waals surface area contributed by atoms with Crippen LogP contribution < -0.4 is 4.74 Å². The van der Waals surface area contributed by atoms with Gasteiger partial charge in [-0.3, -0.25) is 9.48 Å². The molecule has 2 rings (SSSR count). The van der Waals surface area contributed by atoms with Gasteiger partial charge in [0.1, 0.15) is 5.75 Å². The molecule has 0 N–H and O–H groups in total. The summed E-state index contributed by atoms with van der Waals surface area (Å²) in [6.07, 6.45) is 0.923. The van der Waals surface area contributed by atoms with Crippen LogP contribution in [-0.2, 0) is 13.5 Å². The zero-order valence-corrected chi connectivity index (χ0v) is 15.5. The Hall–Kier alpha value is -2.30. The van der Waals surface area contributed by atoms with E-state index in [-0.39, 0.29) is 5.91 Å². The quantitative estimate of drug-likeness (QED) is 0.818. The lowest BCUT2D eigenvalue weighted by atomic mass is 10.00. The molecule has 0 unspecified atom stereocenters. The minimum Gasteiger partial charge on any atom is -0.497 e. The number of aryl methyl sites for hydroxylation is 2. The smallest absolute Gasteiger partial charge is 0.257 e. The number of aromatic nitrogens is 2. The van der Waals surface area contributed by atoms with Crippen LogP contribution in [0.5, 0.6) is 5.75 Å². The molecular formula is C19H27N3O2. The molecule has 1 aromatic carbocycles. The van der Waals surface area contributed by atoms with Crippen LogP contribution in [0.2, 0.25) is 0 Å². The summed E-state index contributed by atoms with van der Waals surface area (Å²) >= 11 is 0. The summed E-state index contributed by atoms with van der Waals surface area (Å²) in [6.45, 7) is 6.69. The first-order chi connectivity index (χ1) is 11.3. The van der Waals surface area contributed by atoms with Gasteiger partial charge in [-0.15, -0.1) is 0 Å². The predicted molar refractivity (Wildman–Crippen MR) is 95.5 cm³/mol. The molecule has 0 saturated carbocycles. The summed E-state index contributed by atoms with van der Waals surface area (Å²) in [7, 11) is 5.39. The minimum absolute atomic E-state index is 0.0414. The van der Waals surface area contributed by atoms with Crippen LogP contribution >= 0.6 is 0 Å². The van der Waals surface area contributed by atoms with Crippen molar-refractivity contribution in [1.82, 2.24) is 14.7 Å². The van der Waals surface area contributed by atoms with Crippen molar-refractivity contribution in [1.29, 1.82) is 0 Å². The maximum atomic E-state index is 12.7. The zero-order valence-electron chi connectivity index (χ0n) is 15.5. The molecule has 0 fully saturated rings. The van der Waals surface area contributed by atoms with Gasteiger partial charge in [0.15, 0.2) is 0 Å². The molecule has 5 nitrogen and oxygen atoms in total. The topological polar surface area (TPSA) is 47.4 Å². The normalized spacial score (nSPS) is 12.1. The Labute approximate surface area is 144 Å². The van der Waals surface area contributed by atoms with Crippen LogP contribution in [0.4, 0.5) is 0 Å². The molecule has 1 amide bonds. The van der Waals surface area contributed by atoms with E-state index in [2.05, 4.69) is 24.2 Å². The Morgan fingerprint density at radius 2 is 1.92 bits per heavy atom. The van der Waals surface area contributed by atoms with Gasteiger partial charge in [-0.25, -0.2) is 0 Å². The van der Waals surface area contributed by atoms with E-state index in [1.807, 2.05) is 40.1 Å². The van der Waals surface area contributed by atoms with Crippen LogP contribution in [0.25, 0.3) is 0 Å². The number of hydrogen-bond donors (Lipinski definition) is 0. The lowest BCUT2D eigenvalue weighted by molar-refractivity contribution is 0.0774. The van der Waals surface area contributed by atoms with Crippen molar-refractivity contribution < 1.29 is 9.53 Å². The number of rotatable bonds is 6. The van der Waals surface area contributed by atoms with Gasteiger partial charge >= 0.3 is 0 Å². The Kier molecular flexibility index (Phi) is 5.65. The number of amides is 1. The third kappa shape index (κ3) is 3.96. The van der Waals surface area contributed by atoms with E-state index in [0.29, 0.717) is 12.5 Å².